The van der Waals surface area contributed by atoms with Crippen LogP contribution in [0.1, 0.15) is 65.1 Å². The molecule has 7 heteroatoms. The Morgan fingerprint density at radius 2 is 1.87 bits per heavy atom. The number of hydrogen-bond donors (Lipinski definition) is 1. The first-order valence-corrected chi connectivity index (χ1v) is 13.9. The molecule has 0 radical (unpaired) electrons. The monoisotopic (exact) mass is 526 g/mol. The molecule has 39 heavy (non-hydrogen) atoms. The van der Waals surface area contributed by atoms with Gasteiger partial charge in [0.15, 0.2) is 5.78 Å². The SMILES string of the molecule is COc1cc(C)[nH]c(=O)c1CCC(=O)c1c(C)n([C@H](C)C2CCN(c3ccc(C)cn3)CC2)c2ccccc12. The van der Waals surface area contributed by atoms with Crippen LogP contribution in [0.5, 0.6) is 5.75 Å². The summed E-state index contributed by atoms with van der Waals surface area (Å²) in [4.78, 5) is 36.1. The fraction of sp³-hybridized carbons (Fsp3) is 0.406. The fourth-order valence-electron chi connectivity index (χ4n) is 6.21. The zero-order chi connectivity index (χ0) is 27.7. The van der Waals surface area contributed by atoms with E-state index >= 15 is 0 Å². The summed E-state index contributed by atoms with van der Waals surface area (Å²) in [6.07, 6.45) is 4.65. The number of aromatic amines is 1. The molecule has 204 valence electrons. The third kappa shape index (κ3) is 5.22. The Morgan fingerprint density at radius 1 is 1.13 bits per heavy atom. The van der Waals surface area contributed by atoms with Crippen LogP contribution in [0.2, 0.25) is 0 Å². The molecule has 0 unspecified atom stereocenters. The van der Waals surface area contributed by atoms with Crippen LogP contribution in [0.25, 0.3) is 10.9 Å². The zero-order valence-corrected chi connectivity index (χ0v) is 23.6. The summed E-state index contributed by atoms with van der Waals surface area (Å²) in [6.45, 7) is 10.2. The summed E-state index contributed by atoms with van der Waals surface area (Å²) in [6, 6.07) is 14.5. The first-order valence-electron chi connectivity index (χ1n) is 13.9. The number of aryl methyl sites for hydroxylation is 2. The van der Waals surface area contributed by atoms with Crippen LogP contribution in [0.3, 0.4) is 0 Å². The smallest absolute Gasteiger partial charge is 0.255 e. The lowest BCUT2D eigenvalue weighted by atomic mass is 9.90. The van der Waals surface area contributed by atoms with Gasteiger partial charge < -0.3 is 19.2 Å². The normalized spacial score (nSPS) is 15.1. The van der Waals surface area contributed by atoms with Crippen molar-refractivity contribution >= 4 is 22.5 Å². The molecule has 1 fully saturated rings. The molecule has 4 aromatic rings. The summed E-state index contributed by atoms with van der Waals surface area (Å²) in [5, 5.41) is 0.984. The number of pyridine rings is 2. The van der Waals surface area contributed by atoms with Crippen molar-refractivity contribution < 1.29 is 9.53 Å². The van der Waals surface area contributed by atoms with E-state index in [1.807, 2.05) is 31.3 Å². The van der Waals surface area contributed by atoms with Crippen LogP contribution in [0.4, 0.5) is 5.82 Å². The summed E-state index contributed by atoms with van der Waals surface area (Å²) < 4.78 is 7.81. The molecular weight excluding hydrogens is 488 g/mol. The second-order valence-electron chi connectivity index (χ2n) is 10.9. The molecule has 0 amide bonds. The minimum atomic E-state index is -0.195. The van der Waals surface area contributed by atoms with Gasteiger partial charge in [-0.05, 0) is 76.6 Å². The number of ether oxygens (including phenoxy) is 1. The first kappa shape index (κ1) is 26.7. The van der Waals surface area contributed by atoms with Crippen molar-refractivity contribution in [1.29, 1.82) is 0 Å². The average Bonchev–Trinajstić information content (AvgIpc) is 3.23. The molecule has 5 rings (SSSR count). The lowest BCUT2D eigenvalue weighted by Crippen LogP contribution is -2.36. The van der Waals surface area contributed by atoms with E-state index in [1.54, 1.807) is 13.2 Å². The zero-order valence-electron chi connectivity index (χ0n) is 23.6. The van der Waals surface area contributed by atoms with Crippen molar-refractivity contribution in [3.05, 3.63) is 87.1 Å². The van der Waals surface area contributed by atoms with Crippen LogP contribution in [-0.4, -0.2) is 40.5 Å². The van der Waals surface area contributed by atoms with Gasteiger partial charge in [-0.2, -0.15) is 0 Å². The molecule has 4 heterocycles. The fourth-order valence-corrected chi connectivity index (χ4v) is 6.21. The Kier molecular flexibility index (Phi) is 7.60. The number of rotatable bonds is 8. The molecule has 3 aromatic heterocycles. The van der Waals surface area contributed by atoms with Gasteiger partial charge in [-0.25, -0.2) is 4.98 Å². The summed E-state index contributed by atoms with van der Waals surface area (Å²) in [5.41, 5.74) is 5.09. The number of para-hydroxylation sites is 1. The number of carbonyl (C=O) groups is 1. The number of Topliss-reactive ketones (excluding diaryl/α,β-unsaturated/α-hetero) is 1. The molecule has 7 nitrogen and oxygen atoms in total. The van der Waals surface area contributed by atoms with E-state index in [1.165, 1.54) is 5.56 Å². The number of nitrogens with one attached hydrogen (secondary N) is 1. The standard InChI is InChI=1S/C32H38N4O3/c1-20-10-13-30(33-19-20)35-16-14-24(15-17-35)22(3)36-23(4)31(25-8-6-7-9-27(25)36)28(37)12-11-26-29(39-5)18-21(2)34-32(26)38/h6-10,13,18-19,22,24H,11-12,14-17H2,1-5H3,(H,34,38)/t22-/m1/s1. The number of methoxy groups -OCH3 is 1. The topological polar surface area (TPSA) is 80.2 Å². The number of H-pyrrole nitrogens is 1. The minimum Gasteiger partial charge on any atom is -0.496 e. The van der Waals surface area contributed by atoms with E-state index in [9.17, 15) is 9.59 Å². The molecule has 1 atom stereocenters. The van der Waals surface area contributed by atoms with Crippen molar-refractivity contribution in [2.75, 3.05) is 25.1 Å². The van der Waals surface area contributed by atoms with Crippen molar-refractivity contribution in [2.45, 2.75) is 59.4 Å². The Labute approximate surface area is 229 Å². The van der Waals surface area contributed by atoms with E-state index in [0.717, 1.165) is 59.6 Å². The second kappa shape index (κ2) is 11.1. The molecule has 0 spiro atoms. The van der Waals surface area contributed by atoms with Crippen LogP contribution in [0, 0.1) is 26.7 Å². The lowest BCUT2D eigenvalue weighted by molar-refractivity contribution is 0.0983. The van der Waals surface area contributed by atoms with Gasteiger partial charge in [0.1, 0.15) is 11.6 Å². The number of nitrogens with zero attached hydrogens (tertiary/aromatic N) is 3. The maximum atomic E-state index is 13.7. The van der Waals surface area contributed by atoms with Crippen LogP contribution >= 0.6 is 0 Å². The van der Waals surface area contributed by atoms with Gasteiger partial charge in [-0.3, -0.25) is 9.59 Å². The average molecular weight is 527 g/mol. The number of aromatic nitrogens is 3. The molecule has 0 aliphatic carbocycles. The predicted molar refractivity (Wildman–Crippen MR) is 156 cm³/mol. The van der Waals surface area contributed by atoms with Crippen LogP contribution < -0.4 is 15.2 Å². The first-order chi connectivity index (χ1) is 18.8. The van der Waals surface area contributed by atoms with Crippen LogP contribution in [0.15, 0.2) is 53.5 Å². The largest absolute Gasteiger partial charge is 0.496 e. The molecule has 1 aromatic carbocycles. The van der Waals surface area contributed by atoms with Crippen molar-refractivity contribution in [3.63, 3.8) is 0 Å². The molecule has 1 aliphatic rings. The third-order valence-corrected chi connectivity index (χ3v) is 8.34. The Bertz CT molecular complexity index is 1540. The number of carbonyl (C=O) groups excluding carboxylic acids is 1. The minimum absolute atomic E-state index is 0.0527. The Morgan fingerprint density at radius 3 is 2.56 bits per heavy atom. The highest BCUT2D eigenvalue weighted by Gasteiger charge is 2.29. The quantitative estimate of drug-likeness (QED) is 0.287. The highest BCUT2D eigenvalue weighted by molar-refractivity contribution is 6.09. The summed E-state index contributed by atoms with van der Waals surface area (Å²) in [5.74, 6) is 2.13. The molecule has 1 aliphatic heterocycles. The third-order valence-electron chi connectivity index (χ3n) is 8.34. The van der Waals surface area contributed by atoms with E-state index in [4.69, 9.17) is 4.74 Å². The van der Waals surface area contributed by atoms with Gasteiger partial charge in [0, 0.05) is 59.6 Å². The Balaban J connectivity index is 1.37. The van der Waals surface area contributed by atoms with E-state index < -0.39 is 0 Å². The molecule has 1 saturated heterocycles. The highest BCUT2D eigenvalue weighted by Crippen LogP contribution is 2.37. The summed E-state index contributed by atoms with van der Waals surface area (Å²) in [7, 11) is 1.56. The van der Waals surface area contributed by atoms with Gasteiger partial charge in [0.25, 0.3) is 5.56 Å². The van der Waals surface area contributed by atoms with Gasteiger partial charge >= 0.3 is 0 Å². The number of piperidine rings is 1. The van der Waals surface area contributed by atoms with Gasteiger partial charge in [0.05, 0.1) is 12.7 Å². The number of anilines is 1. The predicted octanol–water partition coefficient (Wildman–Crippen LogP) is 5.95. The van der Waals surface area contributed by atoms with Crippen molar-refractivity contribution in [2.24, 2.45) is 5.92 Å². The van der Waals surface area contributed by atoms with Gasteiger partial charge in [-0.15, -0.1) is 0 Å². The van der Waals surface area contributed by atoms with Crippen molar-refractivity contribution in [1.82, 2.24) is 14.5 Å². The molecule has 0 bridgehead atoms. The lowest BCUT2D eigenvalue weighted by Gasteiger charge is -2.36. The highest BCUT2D eigenvalue weighted by atomic mass is 16.5. The summed E-state index contributed by atoms with van der Waals surface area (Å²) >= 11 is 0. The van der Waals surface area contributed by atoms with Crippen LogP contribution in [-0.2, 0) is 6.42 Å². The maximum Gasteiger partial charge on any atom is 0.255 e. The number of ketones is 1. The Hall–Kier alpha value is -3.87. The van der Waals surface area contributed by atoms with Gasteiger partial charge in [0.2, 0.25) is 0 Å². The number of benzene rings is 1. The molecule has 0 saturated carbocycles. The second-order valence-corrected chi connectivity index (χ2v) is 10.9. The van der Waals surface area contributed by atoms with Gasteiger partial charge in [-0.1, -0.05) is 24.3 Å². The molecular formula is C32H38N4O3. The van der Waals surface area contributed by atoms with E-state index in [2.05, 4.69) is 58.4 Å². The van der Waals surface area contributed by atoms with E-state index in [-0.39, 0.29) is 23.8 Å². The van der Waals surface area contributed by atoms with E-state index in [0.29, 0.717) is 23.7 Å². The maximum absolute atomic E-state index is 13.7. The van der Waals surface area contributed by atoms with Crippen molar-refractivity contribution in [3.8, 4) is 5.75 Å². The number of fused-ring (bicyclic) bond motifs is 1. The molecule has 1 N–H and O–H groups in total. The number of hydrogen-bond acceptors (Lipinski definition) is 5.